The van der Waals surface area contributed by atoms with Gasteiger partial charge in [0, 0.05) is 12.0 Å². The Morgan fingerprint density at radius 2 is 1.90 bits per heavy atom. The molecule has 118 valence electrons. The third-order valence-electron chi connectivity index (χ3n) is 6.99. The Hall–Kier alpha value is -0.770. The monoisotopic (exact) mass is 293 g/mol. The van der Waals surface area contributed by atoms with Gasteiger partial charge in [-0.15, -0.1) is 0 Å². The van der Waals surface area contributed by atoms with E-state index in [1.807, 2.05) is 0 Å². The smallest absolute Gasteiger partial charge is 0.412 e. The maximum absolute atomic E-state index is 12.4. The number of hydrogen-bond donors (Lipinski definition) is 1. The van der Waals surface area contributed by atoms with Crippen LogP contribution in [0.15, 0.2) is 0 Å². The average Bonchev–Trinajstić information content (AvgIpc) is 3.00. The second kappa shape index (κ2) is 4.37. The molecule has 3 atom stereocenters. The van der Waals surface area contributed by atoms with Gasteiger partial charge in [-0.2, -0.15) is 0 Å². The van der Waals surface area contributed by atoms with Gasteiger partial charge in [-0.05, 0) is 76.5 Å². The first-order chi connectivity index (χ1) is 9.91. The molecule has 4 bridgehead atoms. The summed E-state index contributed by atoms with van der Waals surface area (Å²) in [5.41, 5.74) is -0.220. The maximum atomic E-state index is 12.4. The molecule has 1 amide bonds. The van der Waals surface area contributed by atoms with Crippen molar-refractivity contribution in [2.45, 2.75) is 70.6 Å². The fourth-order valence-electron chi connectivity index (χ4n) is 6.12. The number of aliphatic hydroxyl groups excluding tert-OH is 1. The van der Waals surface area contributed by atoms with Gasteiger partial charge in [0.25, 0.3) is 0 Å². The molecule has 1 aliphatic heterocycles. The van der Waals surface area contributed by atoms with Crippen LogP contribution < -0.4 is 0 Å². The molecule has 0 aromatic heterocycles. The number of ether oxygens (including phenoxy) is 1. The van der Waals surface area contributed by atoms with Crippen molar-refractivity contribution in [3.8, 4) is 0 Å². The van der Waals surface area contributed by atoms with Crippen molar-refractivity contribution in [2.24, 2.45) is 23.2 Å². The number of nitrogens with zero attached hydrogens (tertiary/aromatic N) is 1. The van der Waals surface area contributed by atoms with E-state index in [4.69, 9.17) is 4.74 Å². The van der Waals surface area contributed by atoms with Crippen LogP contribution in [-0.2, 0) is 4.74 Å². The largest absolute Gasteiger partial charge is 0.443 e. The SMILES string of the molecule is CC(C)(OC(=O)N1CCC[C@H]1O)C12CC3CC(CC1C3)C2. The van der Waals surface area contributed by atoms with Crippen LogP contribution in [0.25, 0.3) is 0 Å². The molecule has 0 aromatic carbocycles. The first-order valence-electron chi connectivity index (χ1n) is 8.59. The summed E-state index contributed by atoms with van der Waals surface area (Å²) >= 11 is 0. The van der Waals surface area contributed by atoms with Crippen LogP contribution >= 0.6 is 0 Å². The fourth-order valence-corrected chi connectivity index (χ4v) is 6.12. The third-order valence-corrected chi connectivity index (χ3v) is 6.99. The van der Waals surface area contributed by atoms with Gasteiger partial charge in [-0.25, -0.2) is 4.79 Å². The van der Waals surface area contributed by atoms with Crippen LogP contribution in [0.5, 0.6) is 0 Å². The summed E-state index contributed by atoms with van der Waals surface area (Å²) in [6, 6.07) is 0. The molecular formula is C17H27NO3. The predicted octanol–water partition coefficient (Wildman–Crippen LogP) is 3.14. The Morgan fingerprint density at radius 1 is 1.24 bits per heavy atom. The number of aliphatic hydroxyl groups is 1. The van der Waals surface area contributed by atoms with Crippen LogP contribution in [0.1, 0.15) is 58.8 Å². The van der Waals surface area contributed by atoms with E-state index >= 15 is 0 Å². The lowest BCUT2D eigenvalue weighted by Gasteiger charge is -2.46. The molecular weight excluding hydrogens is 266 g/mol. The van der Waals surface area contributed by atoms with Gasteiger partial charge in [-0.3, -0.25) is 4.90 Å². The van der Waals surface area contributed by atoms with Gasteiger partial charge in [-0.1, -0.05) is 0 Å². The molecule has 0 radical (unpaired) electrons. The van der Waals surface area contributed by atoms with Crippen LogP contribution in [0.4, 0.5) is 4.79 Å². The Balaban J connectivity index is 1.53. The molecule has 5 rings (SSSR count). The normalized spacial score (nSPS) is 44.6. The third kappa shape index (κ3) is 1.87. The maximum Gasteiger partial charge on any atom is 0.412 e. The minimum Gasteiger partial charge on any atom is -0.443 e. The van der Waals surface area contributed by atoms with E-state index in [2.05, 4.69) is 13.8 Å². The number of hydrogen-bond acceptors (Lipinski definition) is 3. The summed E-state index contributed by atoms with van der Waals surface area (Å²) in [7, 11) is 0. The summed E-state index contributed by atoms with van der Waals surface area (Å²) in [5, 5.41) is 9.88. The summed E-state index contributed by atoms with van der Waals surface area (Å²) in [4.78, 5) is 13.9. The molecule has 21 heavy (non-hydrogen) atoms. The number of likely N-dealkylation sites (tertiary alicyclic amines) is 1. The van der Waals surface area contributed by atoms with E-state index in [1.165, 1.54) is 37.0 Å². The highest BCUT2D eigenvalue weighted by molar-refractivity contribution is 5.68. The van der Waals surface area contributed by atoms with Crippen molar-refractivity contribution < 1.29 is 14.6 Å². The quantitative estimate of drug-likeness (QED) is 0.851. The van der Waals surface area contributed by atoms with Crippen LogP contribution in [0.2, 0.25) is 0 Å². The fraction of sp³-hybridized carbons (Fsp3) is 0.941. The molecule has 1 N–H and O–H groups in total. The molecule has 2 unspecified atom stereocenters. The van der Waals surface area contributed by atoms with Gasteiger partial charge < -0.3 is 9.84 Å². The van der Waals surface area contributed by atoms with Crippen molar-refractivity contribution >= 4 is 6.09 Å². The molecule has 5 fully saturated rings. The topological polar surface area (TPSA) is 49.8 Å². The molecule has 5 aliphatic rings. The highest BCUT2D eigenvalue weighted by atomic mass is 16.6. The van der Waals surface area contributed by atoms with Gasteiger partial charge in [0.15, 0.2) is 0 Å². The second-order valence-corrected chi connectivity index (χ2v) is 8.39. The van der Waals surface area contributed by atoms with Crippen molar-refractivity contribution in [3.05, 3.63) is 0 Å². The highest BCUT2D eigenvalue weighted by Crippen LogP contribution is 2.69. The van der Waals surface area contributed by atoms with E-state index in [0.717, 1.165) is 24.2 Å². The van der Waals surface area contributed by atoms with Gasteiger partial charge in [0.05, 0.1) is 0 Å². The molecule has 0 spiro atoms. The number of carbonyl (C=O) groups excluding carboxylic acids is 1. The van der Waals surface area contributed by atoms with Crippen LogP contribution in [-0.4, -0.2) is 34.5 Å². The van der Waals surface area contributed by atoms with Crippen molar-refractivity contribution in [2.75, 3.05) is 6.54 Å². The van der Waals surface area contributed by atoms with Crippen molar-refractivity contribution in [3.63, 3.8) is 0 Å². The molecule has 4 heteroatoms. The molecule has 1 saturated heterocycles. The lowest BCUT2D eigenvalue weighted by atomic mass is 9.66. The zero-order chi connectivity index (χ0) is 14.8. The van der Waals surface area contributed by atoms with Crippen LogP contribution in [0, 0.1) is 23.2 Å². The summed E-state index contributed by atoms with van der Waals surface area (Å²) in [6.07, 6.45) is 7.12. The Kier molecular flexibility index (Phi) is 2.89. The summed E-state index contributed by atoms with van der Waals surface area (Å²) < 4.78 is 5.98. The molecule has 0 aromatic rings. The number of amides is 1. The van der Waals surface area contributed by atoms with Crippen molar-refractivity contribution in [1.29, 1.82) is 0 Å². The standard InChI is InChI=1S/C17H27NO3/c1-16(2,21-15(20)18-5-3-4-14(18)19)17-9-11-6-12(10-17)8-13(17)7-11/h11-14,19H,3-10H2,1-2H3/t11?,12?,13?,14-,17?/m1/s1. The van der Waals surface area contributed by atoms with E-state index in [9.17, 15) is 9.90 Å². The van der Waals surface area contributed by atoms with E-state index < -0.39 is 11.8 Å². The first-order valence-corrected chi connectivity index (χ1v) is 8.59. The average molecular weight is 293 g/mol. The van der Waals surface area contributed by atoms with E-state index in [-0.39, 0.29) is 11.5 Å². The summed E-state index contributed by atoms with van der Waals surface area (Å²) in [5.74, 6) is 2.46. The lowest BCUT2D eigenvalue weighted by molar-refractivity contribution is -0.100. The molecule has 4 saturated carbocycles. The van der Waals surface area contributed by atoms with Crippen LogP contribution in [0.3, 0.4) is 0 Å². The van der Waals surface area contributed by atoms with E-state index in [1.54, 1.807) is 0 Å². The number of carbonyl (C=O) groups is 1. The lowest BCUT2D eigenvalue weighted by Crippen LogP contribution is -2.50. The minimum absolute atomic E-state index is 0.195. The zero-order valence-corrected chi connectivity index (χ0v) is 13.2. The Morgan fingerprint density at radius 3 is 2.48 bits per heavy atom. The van der Waals surface area contributed by atoms with E-state index in [0.29, 0.717) is 13.0 Å². The Labute approximate surface area is 126 Å². The first kappa shape index (κ1) is 13.9. The molecule has 4 nitrogen and oxygen atoms in total. The summed E-state index contributed by atoms with van der Waals surface area (Å²) in [6.45, 7) is 4.84. The van der Waals surface area contributed by atoms with Gasteiger partial charge in [0.1, 0.15) is 11.8 Å². The minimum atomic E-state index is -0.651. The predicted molar refractivity (Wildman–Crippen MR) is 78.5 cm³/mol. The second-order valence-electron chi connectivity index (χ2n) is 8.39. The molecule has 4 aliphatic carbocycles. The van der Waals surface area contributed by atoms with Gasteiger partial charge in [0.2, 0.25) is 0 Å². The zero-order valence-electron chi connectivity index (χ0n) is 13.2. The highest BCUT2D eigenvalue weighted by Gasteiger charge is 2.65. The van der Waals surface area contributed by atoms with Gasteiger partial charge >= 0.3 is 6.09 Å². The molecule has 1 heterocycles. The Bertz CT molecular complexity index is 447. The van der Waals surface area contributed by atoms with Crippen molar-refractivity contribution in [1.82, 2.24) is 4.90 Å². The number of rotatable bonds is 2.